The summed E-state index contributed by atoms with van der Waals surface area (Å²) >= 11 is 0. The van der Waals surface area contributed by atoms with E-state index in [1.54, 1.807) is 0 Å². The van der Waals surface area contributed by atoms with Crippen molar-refractivity contribution in [3.63, 3.8) is 0 Å². The summed E-state index contributed by atoms with van der Waals surface area (Å²) < 4.78 is 0. The predicted octanol–water partition coefficient (Wildman–Crippen LogP) is 7.61. The van der Waals surface area contributed by atoms with Crippen molar-refractivity contribution < 1.29 is 9.78 Å². The first-order chi connectivity index (χ1) is 13.6. The molecule has 0 aromatic heterocycles. The Hall–Kier alpha value is -3.00. The first kappa shape index (κ1) is 18.4. The lowest BCUT2D eigenvalue weighted by Gasteiger charge is -2.18. The van der Waals surface area contributed by atoms with Gasteiger partial charge in [0.25, 0.3) is 0 Å². The van der Waals surface area contributed by atoms with Crippen molar-refractivity contribution in [2.45, 2.75) is 39.5 Å². The van der Waals surface area contributed by atoms with Crippen LogP contribution in [0.5, 0.6) is 11.5 Å². The summed E-state index contributed by atoms with van der Waals surface area (Å²) in [6, 6.07) is 25.1. The Morgan fingerprint density at radius 3 is 1.29 bits per heavy atom. The van der Waals surface area contributed by atoms with Gasteiger partial charge in [-0.05, 0) is 22.6 Å². The van der Waals surface area contributed by atoms with E-state index in [4.69, 9.17) is 9.78 Å². The minimum absolute atomic E-state index is 0.334. The highest BCUT2D eigenvalue weighted by Crippen LogP contribution is 2.38. The highest BCUT2D eigenvalue weighted by Gasteiger charge is 2.17. The van der Waals surface area contributed by atoms with Gasteiger partial charge in [-0.15, -0.1) is 0 Å². The van der Waals surface area contributed by atoms with Crippen molar-refractivity contribution in [3.05, 3.63) is 83.9 Å². The second-order valence-corrected chi connectivity index (χ2v) is 7.89. The molecule has 0 aliphatic carbocycles. The lowest BCUT2D eigenvalue weighted by molar-refractivity contribution is -0.0987. The Labute approximate surface area is 166 Å². The third-order valence-corrected chi connectivity index (χ3v) is 5.27. The molecular weight excluding hydrogens is 344 g/mol. The van der Waals surface area contributed by atoms with Crippen molar-refractivity contribution in [3.8, 4) is 11.5 Å². The van der Waals surface area contributed by atoms with E-state index >= 15 is 0 Å². The molecule has 4 aromatic rings. The summed E-state index contributed by atoms with van der Waals surface area (Å²) in [5.74, 6) is 2.27. The summed E-state index contributed by atoms with van der Waals surface area (Å²) in [7, 11) is 0. The van der Waals surface area contributed by atoms with E-state index in [2.05, 4.69) is 76.2 Å². The third kappa shape index (κ3) is 3.31. The number of fused-ring (bicyclic) bond motifs is 2. The van der Waals surface area contributed by atoms with Gasteiger partial charge in [0.15, 0.2) is 11.5 Å². The van der Waals surface area contributed by atoms with Crippen LogP contribution >= 0.6 is 0 Å². The number of rotatable bonds is 5. The minimum Gasteiger partial charge on any atom is -0.289 e. The van der Waals surface area contributed by atoms with Crippen LogP contribution in [-0.2, 0) is 0 Å². The van der Waals surface area contributed by atoms with Gasteiger partial charge in [-0.3, -0.25) is 9.78 Å². The Kier molecular flexibility index (Phi) is 4.95. The lowest BCUT2D eigenvalue weighted by Crippen LogP contribution is -2.07. The molecule has 0 amide bonds. The third-order valence-electron chi connectivity index (χ3n) is 5.27. The average Bonchev–Trinajstić information content (AvgIpc) is 2.71. The van der Waals surface area contributed by atoms with Gasteiger partial charge in [-0.25, -0.2) is 0 Å². The van der Waals surface area contributed by atoms with E-state index in [9.17, 15) is 0 Å². The molecule has 2 nitrogen and oxygen atoms in total. The zero-order chi connectivity index (χ0) is 19.7. The SMILES string of the molecule is CC(C)c1ccc2ccccc2c1OOc1c(C(C)C)ccc2ccccc12. The smallest absolute Gasteiger partial charge is 0.189 e. The molecule has 0 bridgehead atoms. The monoisotopic (exact) mass is 370 g/mol. The summed E-state index contributed by atoms with van der Waals surface area (Å²) in [4.78, 5) is 12.2. The van der Waals surface area contributed by atoms with E-state index in [0.29, 0.717) is 11.8 Å². The van der Waals surface area contributed by atoms with Crippen molar-refractivity contribution >= 4 is 21.5 Å². The second-order valence-electron chi connectivity index (χ2n) is 7.89. The fraction of sp³-hybridized carbons (Fsp3) is 0.231. The molecule has 0 aliphatic rings. The molecule has 0 fully saturated rings. The Morgan fingerprint density at radius 1 is 0.500 bits per heavy atom. The maximum absolute atomic E-state index is 6.10. The summed E-state index contributed by atoms with van der Waals surface area (Å²) in [6.45, 7) is 8.70. The van der Waals surface area contributed by atoms with Crippen LogP contribution in [0.3, 0.4) is 0 Å². The largest absolute Gasteiger partial charge is 0.289 e. The fourth-order valence-electron chi connectivity index (χ4n) is 3.70. The number of hydrogen-bond acceptors (Lipinski definition) is 2. The average molecular weight is 370 g/mol. The standard InChI is InChI=1S/C26H26O2/c1-17(2)21-15-13-19-9-5-7-11-23(19)25(21)27-28-26-22(18(3)4)16-14-20-10-6-8-12-24(20)26/h5-18H,1-4H3. The zero-order valence-corrected chi connectivity index (χ0v) is 16.9. The highest BCUT2D eigenvalue weighted by molar-refractivity contribution is 5.91. The molecule has 28 heavy (non-hydrogen) atoms. The zero-order valence-electron chi connectivity index (χ0n) is 16.9. The highest BCUT2D eigenvalue weighted by atomic mass is 17.2. The van der Waals surface area contributed by atoms with Crippen molar-refractivity contribution in [1.82, 2.24) is 0 Å². The molecule has 0 radical (unpaired) electrons. The molecule has 4 aromatic carbocycles. The Morgan fingerprint density at radius 2 is 0.893 bits per heavy atom. The molecule has 0 aliphatic heterocycles. The lowest BCUT2D eigenvalue weighted by atomic mass is 9.97. The van der Waals surface area contributed by atoms with E-state index < -0.39 is 0 Å². The fourth-order valence-corrected chi connectivity index (χ4v) is 3.70. The quantitative estimate of drug-likeness (QED) is 0.266. The topological polar surface area (TPSA) is 18.5 Å². The van der Waals surface area contributed by atoms with Gasteiger partial charge in [-0.2, -0.15) is 0 Å². The molecule has 0 atom stereocenters. The van der Waals surface area contributed by atoms with E-state index in [-0.39, 0.29) is 0 Å². The maximum Gasteiger partial charge on any atom is 0.189 e. The van der Waals surface area contributed by atoms with Crippen LogP contribution in [0.15, 0.2) is 72.8 Å². The first-order valence-electron chi connectivity index (χ1n) is 9.94. The van der Waals surface area contributed by atoms with Crippen LogP contribution in [0.4, 0.5) is 0 Å². The van der Waals surface area contributed by atoms with Gasteiger partial charge in [0.05, 0.1) is 0 Å². The van der Waals surface area contributed by atoms with Crippen molar-refractivity contribution in [1.29, 1.82) is 0 Å². The maximum atomic E-state index is 6.10. The van der Waals surface area contributed by atoms with E-state index in [1.807, 2.05) is 24.3 Å². The van der Waals surface area contributed by atoms with Gasteiger partial charge in [0.1, 0.15) is 0 Å². The Bertz CT molecular complexity index is 1030. The molecule has 0 spiro atoms. The second kappa shape index (κ2) is 7.55. The van der Waals surface area contributed by atoms with Gasteiger partial charge in [-0.1, -0.05) is 100 Å². The molecule has 0 saturated carbocycles. The van der Waals surface area contributed by atoms with Gasteiger partial charge < -0.3 is 0 Å². The van der Waals surface area contributed by atoms with Crippen LogP contribution in [0.1, 0.15) is 50.7 Å². The number of hydrogen-bond donors (Lipinski definition) is 0. The summed E-state index contributed by atoms with van der Waals surface area (Å²) in [5, 5.41) is 4.43. The van der Waals surface area contributed by atoms with Crippen molar-refractivity contribution in [2.24, 2.45) is 0 Å². The van der Waals surface area contributed by atoms with Crippen LogP contribution in [0.25, 0.3) is 21.5 Å². The Balaban J connectivity index is 1.82. The van der Waals surface area contributed by atoms with Crippen LogP contribution in [0.2, 0.25) is 0 Å². The molecule has 0 unspecified atom stereocenters. The molecule has 0 heterocycles. The minimum atomic E-state index is 0.334. The predicted molar refractivity (Wildman–Crippen MR) is 117 cm³/mol. The van der Waals surface area contributed by atoms with E-state index in [1.165, 1.54) is 0 Å². The van der Waals surface area contributed by atoms with Gasteiger partial charge in [0.2, 0.25) is 0 Å². The number of benzene rings is 4. The van der Waals surface area contributed by atoms with Gasteiger partial charge >= 0.3 is 0 Å². The van der Waals surface area contributed by atoms with Crippen LogP contribution < -0.4 is 9.78 Å². The molecule has 142 valence electrons. The normalized spacial score (nSPS) is 11.5. The first-order valence-corrected chi connectivity index (χ1v) is 9.94. The summed E-state index contributed by atoms with van der Waals surface area (Å²) in [5.41, 5.74) is 2.29. The van der Waals surface area contributed by atoms with Crippen LogP contribution in [-0.4, -0.2) is 0 Å². The molecule has 0 N–H and O–H groups in total. The molecule has 2 heteroatoms. The molecule has 0 saturated heterocycles. The van der Waals surface area contributed by atoms with Crippen LogP contribution in [0, 0.1) is 0 Å². The molecule has 4 rings (SSSR count). The molecular formula is C26H26O2. The summed E-state index contributed by atoms with van der Waals surface area (Å²) in [6.07, 6.45) is 0. The van der Waals surface area contributed by atoms with E-state index in [0.717, 1.165) is 44.2 Å². The van der Waals surface area contributed by atoms with Crippen molar-refractivity contribution in [2.75, 3.05) is 0 Å². The van der Waals surface area contributed by atoms with Gasteiger partial charge in [0, 0.05) is 21.9 Å².